The Bertz CT molecular complexity index is 288. The summed E-state index contributed by atoms with van der Waals surface area (Å²) < 4.78 is 4.76. The van der Waals surface area contributed by atoms with Gasteiger partial charge in [-0.2, -0.15) is 0 Å². The molecule has 0 saturated carbocycles. The standard InChI is InChI=1S/C11H18N2O4/c1-2-17-11(16)5-6-12-7-8-13-9(14)3-4-10(13)15/h12H,2-8H2,1H3. The number of carbonyl (C=O) groups excluding carboxylic acids is 3. The van der Waals surface area contributed by atoms with Crippen molar-refractivity contribution in [2.45, 2.75) is 26.2 Å². The van der Waals surface area contributed by atoms with Crippen molar-refractivity contribution in [1.29, 1.82) is 0 Å². The van der Waals surface area contributed by atoms with Gasteiger partial charge in [-0.05, 0) is 6.92 Å². The fourth-order valence-corrected chi connectivity index (χ4v) is 1.61. The number of ether oxygens (including phenoxy) is 1. The fourth-order valence-electron chi connectivity index (χ4n) is 1.61. The zero-order valence-corrected chi connectivity index (χ0v) is 10.0. The van der Waals surface area contributed by atoms with E-state index in [9.17, 15) is 14.4 Å². The molecular formula is C11H18N2O4. The Hall–Kier alpha value is -1.43. The van der Waals surface area contributed by atoms with Crippen LogP contribution in [0.2, 0.25) is 0 Å². The predicted octanol–water partition coefficient (Wildman–Crippen LogP) is -0.322. The third kappa shape index (κ3) is 4.52. The van der Waals surface area contributed by atoms with Crippen molar-refractivity contribution in [2.75, 3.05) is 26.2 Å². The average Bonchev–Trinajstić information content (AvgIpc) is 2.60. The van der Waals surface area contributed by atoms with Gasteiger partial charge in [0.2, 0.25) is 11.8 Å². The molecule has 0 aromatic heterocycles. The van der Waals surface area contributed by atoms with Crippen LogP contribution in [0.3, 0.4) is 0 Å². The summed E-state index contributed by atoms with van der Waals surface area (Å²) in [5.74, 6) is -0.460. The van der Waals surface area contributed by atoms with Crippen LogP contribution in [0.1, 0.15) is 26.2 Å². The molecule has 1 rings (SSSR count). The molecular weight excluding hydrogens is 224 g/mol. The number of nitrogens with one attached hydrogen (secondary N) is 1. The van der Waals surface area contributed by atoms with Gasteiger partial charge >= 0.3 is 5.97 Å². The molecule has 0 bridgehead atoms. The van der Waals surface area contributed by atoms with Crippen molar-refractivity contribution in [3.63, 3.8) is 0 Å². The molecule has 0 radical (unpaired) electrons. The fraction of sp³-hybridized carbons (Fsp3) is 0.727. The molecule has 1 N–H and O–H groups in total. The Kier molecular flexibility index (Phi) is 5.62. The highest BCUT2D eigenvalue weighted by molar-refractivity contribution is 6.01. The lowest BCUT2D eigenvalue weighted by atomic mass is 10.4. The molecule has 6 nitrogen and oxygen atoms in total. The topological polar surface area (TPSA) is 75.7 Å². The van der Waals surface area contributed by atoms with Crippen molar-refractivity contribution in [3.05, 3.63) is 0 Å². The number of likely N-dealkylation sites (tertiary alicyclic amines) is 1. The minimum Gasteiger partial charge on any atom is -0.466 e. The van der Waals surface area contributed by atoms with Crippen LogP contribution in [-0.2, 0) is 19.1 Å². The average molecular weight is 242 g/mol. The molecule has 2 amide bonds. The van der Waals surface area contributed by atoms with Gasteiger partial charge in [-0.3, -0.25) is 19.3 Å². The molecule has 0 aromatic rings. The van der Waals surface area contributed by atoms with Crippen molar-refractivity contribution in [3.8, 4) is 0 Å². The van der Waals surface area contributed by atoms with Crippen LogP contribution in [0.15, 0.2) is 0 Å². The van der Waals surface area contributed by atoms with Crippen LogP contribution in [0.4, 0.5) is 0 Å². The zero-order chi connectivity index (χ0) is 12.7. The van der Waals surface area contributed by atoms with Crippen LogP contribution in [0.5, 0.6) is 0 Å². The van der Waals surface area contributed by atoms with Gasteiger partial charge in [-0.25, -0.2) is 0 Å². The molecule has 6 heteroatoms. The van der Waals surface area contributed by atoms with Crippen molar-refractivity contribution < 1.29 is 19.1 Å². The van der Waals surface area contributed by atoms with Crippen LogP contribution in [-0.4, -0.2) is 48.9 Å². The Labute approximate surface area is 100 Å². The highest BCUT2D eigenvalue weighted by Crippen LogP contribution is 2.10. The summed E-state index contributed by atoms with van der Waals surface area (Å²) in [5.41, 5.74) is 0. The summed E-state index contributed by atoms with van der Waals surface area (Å²) >= 11 is 0. The first kappa shape index (κ1) is 13.6. The zero-order valence-electron chi connectivity index (χ0n) is 10.0. The largest absolute Gasteiger partial charge is 0.466 e. The van der Waals surface area contributed by atoms with E-state index in [1.807, 2.05) is 0 Å². The van der Waals surface area contributed by atoms with E-state index in [0.29, 0.717) is 45.5 Å². The first-order chi connectivity index (χ1) is 8.15. The van der Waals surface area contributed by atoms with Gasteiger partial charge in [0.1, 0.15) is 0 Å². The molecule has 96 valence electrons. The maximum atomic E-state index is 11.2. The Morgan fingerprint density at radius 2 is 1.94 bits per heavy atom. The second kappa shape index (κ2) is 7.01. The first-order valence-corrected chi connectivity index (χ1v) is 5.84. The molecule has 1 heterocycles. The minimum absolute atomic E-state index is 0.109. The van der Waals surface area contributed by atoms with Gasteiger partial charge in [0, 0.05) is 32.5 Å². The number of imide groups is 1. The highest BCUT2D eigenvalue weighted by atomic mass is 16.5. The molecule has 1 aliphatic rings. The van der Waals surface area contributed by atoms with Crippen molar-refractivity contribution in [2.24, 2.45) is 0 Å². The number of esters is 1. The SMILES string of the molecule is CCOC(=O)CCNCCN1C(=O)CCC1=O. The lowest BCUT2D eigenvalue weighted by Crippen LogP contribution is -2.36. The minimum atomic E-state index is -0.242. The second-order valence-electron chi connectivity index (χ2n) is 3.74. The summed E-state index contributed by atoms with van der Waals surface area (Å²) in [7, 11) is 0. The molecule has 0 unspecified atom stereocenters. The third-order valence-electron chi connectivity index (χ3n) is 2.48. The first-order valence-electron chi connectivity index (χ1n) is 5.84. The summed E-state index contributed by atoms with van der Waals surface area (Å²) in [6.07, 6.45) is 0.944. The van der Waals surface area contributed by atoms with E-state index < -0.39 is 0 Å². The maximum Gasteiger partial charge on any atom is 0.307 e. The lowest BCUT2D eigenvalue weighted by molar-refractivity contribution is -0.143. The summed E-state index contributed by atoms with van der Waals surface area (Å²) in [6, 6.07) is 0. The number of rotatable bonds is 7. The van der Waals surface area contributed by atoms with E-state index in [4.69, 9.17) is 4.74 Å². The van der Waals surface area contributed by atoms with Crippen molar-refractivity contribution in [1.82, 2.24) is 10.2 Å². The van der Waals surface area contributed by atoms with Gasteiger partial charge < -0.3 is 10.1 Å². The molecule has 17 heavy (non-hydrogen) atoms. The van der Waals surface area contributed by atoms with E-state index in [1.54, 1.807) is 6.92 Å². The quantitative estimate of drug-likeness (QED) is 0.376. The molecule has 0 atom stereocenters. The number of hydrogen-bond acceptors (Lipinski definition) is 5. The van der Waals surface area contributed by atoms with Crippen LogP contribution < -0.4 is 5.32 Å². The molecule has 0 aliphatic carbocycles. The third-order valence-corrected chi connectivity index (χ3v) is 2.48. The summed E-state index contributed by atoms with van der Waals surface area (Å²) in [5, 5.41) is 3.00. The van der Waals surface area contributed by atoms with Gasteiger partial charge in [0.25, 0.3) is 0 Å². The molecule has 1 aliphatic heterocycles. The number of hydrogen-bond donors (Lipinski definition) is 1. The van der Waals surface area contributed by atoms with Crippen LogP contribution in [0, 0.1) is 0 Å². The number of nitrogens with zero attached hydrogens (tertiary/aromatic N) is 1. The van der Waals surface area contributed by atoms with Crippen LogP contribution in [0.25, 0.3) is 0 Å². The van der Waals surface area contributed by atoms with Crippen LogP contribution >= 0.6 is 0 Å². The van der Waals surface area contributed by atoms with E-state index in [2.05, 4.69) is 5.32 Å². The van der Waals surface area contributed by atoms with Gasteiger partial charge in [0.05, 0.1) is 13.0 Å². The molecule has 1 fully saturated rings. The Morgan fingerprint density at radius 1 is 1.29 bits per heavy atom. The molecule has 0 spiro atoms. The lowest BCUT2D eigenvalue weighted by Gasteiger charge is -2.13. The Morgan fingerprint density at radius 3 is 2.53 bits per heavy atom. The second-order valence-corrected chi connectivity index (χ2v) is 3.74. The maximum absolute atomic E-state index is 11.2. The van der Waals surface area contributed by atoms with E-state index in [0.717, 1.165) is 0 Å². The number of amides is 2. The van der Waals surface area contributed by atoms with E-state index in [-0.39, 0.29) is 17.8 Å². The monoisotopic (exact) mass is 242 g/mol. The smallest absolute Gasteiger partial charge is 0.307 e. The predicted molar refractivity (Wildman–Crippen MR) is 60.1 cm³/mol. The Balaban J connectivity index is 2.06. The van der Waals surface area contributed by atoms with Crippen molar-refractivity contribution >= 4 is 17.8 Å². The van der Waals surface area contributed by atoms with Gasteiger partial charge in [-0.15, -0.1) is 0 Å². The van der Waals surface area contributed by atoms with E-state index >= 15 is 0 Å². The normalized spacial score (nSPS) is 15.5. The van der Waals surface area contributed by atoms with E-state index in [1.165, 1.54) is 4.90 Å². The summed E-state index contributed by atoms with van der Waals surface area (Å²) in [4.78, 5) is 34.7. The number of carbonyl (C=O) groups is 3. The van der Waals surface area contributed by atoms with Gasteiger partial charge in [-0.1, -0.05) is 0 Å². The molecule has 1 saturated heterocycles. The highest BCUT2D eigenvalue weighted by Gasteiger charge is 2.27. The van der Waals surface area contributed by atoms with Gasteiger partial charge in [0.15, 0.2) is 0 Å². The summed E-state index contributed by atoms with van der Waals surface area (Å²) in [6.45, 7) is 3.53. The molecule has 0 aromatic carbocycles.